The predicted octanol–water partition coefficient (Wildman–Crippen LogP) is 0.856. The molecule has 0 bridgehead atoms. The SMILES string of the molecule is COC(=O)c1ccc(OB(O)O)cc1OCC(C)C. The molecule has 0 aliphatic heterocycles. The van der Waals surface area contributed by atoms with Crippen LogP contribution in [0.2, 0.25) is 0 Å². The summed E-state index contributed by atoms with van der Waals surface area (Å²) in [5, 5.41) is 17.5. The van der Waals surface area contributed by atoms with Crippen molar-refractivity contribution in [2.75, 3.05) is 13.7 Å². The number of carbonyl (C=O) groups is 1. The van der Waals surface area contributed by atoms with E-state index in [4.69, 9.17) is 19.4 Å². The average molecular weight is 268 g/mol. The van der Waals surface area contributed by atoms with E-state index in [1.165, 1.54) is 25.3 Å². The molecule has 1 rings (SSSR count). The van der Waals surface area contributed by atoms with Crippen molar-refractivity contribution in [3.8, 4) is 11.5 Å². The maximum absolute atomic E-state index is 11.6. The molecule has 6 nitrogen and oxygen atoms in total. The molecule has 1 aromatic carbocycles. The Morgan fingerprint density at radius 1 is 1.37 bits per heavy atom. The first-order valence-electron chi connectivity index (χ1n) is 5.82. The van der Waals surface area contributed by atoms with E-state index in [-0.39, 0.29) is 23.0 Å². The summed E-state index contributed by atoms with van der Waals surface area (Å²) in [6.45, 7) is 4.35. The van der Waals surface area contributed by atoms with Gasteiger partial charge in [0.15, 0.2) is 0 Å². The zero-order valence-corrected chi connectivity index (χ0v) is 11.1. The van der Waals surface area contributed by atoms with Gasteiger partial charge in [-0.2, -0.15) is 0 Å². The van der Waals surface area contributed by atoms with Gasteiger partial charge in [-0.3, -0.25) is 0 Å². The molecule has 0 aliphatic rings. The van der Waals surface area contributed by atoms with E-state index in [0.29, 0.717) is 6.61 Å². The Bertz CT molecular complexity index is 432. The molecule has 0 aliphatic carbocycles. The van der Waals surface area contributed by atoms with E-state index in [9.17, 15) is 4.79 Å². The fourth-order valence-electron chi connectivity index (χ4n) is 1.35. The lowest BCUT2D eigenvalue weighted by atomic mass is 10.1. The van der Waals surface area contributed by atoms with Crippen LogP contribution in [0.15, 0.2) is 18.2 Å². The second-order valence-corrected chi connectivity index (χ2v) is 4.30. The Kier molecular flexibility index (Phi) is 5.66. The van der Waals surface area contributed by atoms with Crippen molar-refractivity contribution in [3.63, 3.8) is 0 Å². The molecule has 0 aromatic heterocycles. The molecule has 0 amide bonds. The topological polar surface area (TPSA) is 85.2 Å². The molecule has 1 aromatic rings. The van der Waals surface area contributed by atoms with Crippen molar-refractivity contribution in [1.29, 1.82) is 0 Å². The summed E-state index contributed by atoms with van der Waals surface area (Å²) in [6.07, 6.45) is 0. The van der Waals surface area contributed by atoms with Crippen LogP contribution in [-0.2, 0) is 4.74 Å². The van der Waals surface area contributed by atoms with Crippen LogP contribution in [0.4, 0.5) is 0 Å². The molecule has 0 radical (unpaired) electrons. The first kappa shape index (κ1) is 15.3. The standard InChI is InChI=1S/C12H17BO6/c1-8(2)7-18-11-6-9(19-13(15)16)4-5-10(11)12(14)17-3/h4-6,8,15-16H,7H2,1-3H3. The number of ether oxygens (including phenoxy) is 2. The van der Waals surface area contributed by atoms with Crippen molar-refractivity contribution in [1.82, 2.24) is 0 Å². The Morgan fingerprint density at radius 2 is 2.05 bits per heavy atom. The molecular formula is C12H17BO6. The number of hydrogen-bond donors (Lipinski definition) is 2. The number of hydrogen-bond acceptors (Lipinski definition) is 6. The Balaban J connectivity index is 2.99. The maximum Gasteiger partial charge on any atom is 0.707 e. The van der Waals surface area contributed by atoms with Crippen LogP contribution >= 0.6 is 0 Å². The summed E-state index contributed by atoms with van der Waals surface area (Å²) in [5.74, 6) is 0.202. The highest BCUT2D eigenvalue weighted by Crippen LogP contribution is 2.26. The van der Waals surface area contributed by atoms with Crippen molar-refractivity contribution in [3.05, 3.63) is 23.8 Å². The first-order chi connectivity index (χ1) is 8.93. The van der Waals surface area contributed by atoms with Crippen molar-refractivity contribution >= 4 is 13.3 Å². The fraction of sp³-hybridized carbons (Fsp3) is 0.417. The molecule has 0 fully saturated rings. The minimum absolute atomic E-state index is 0.182. The lowest BCUT2D eigenvalue weighted by Gasteiger charge is -2.14. The van der Waals surface area contributed by atoms with Crippen LogP contribution in [0.5, 0.6) is 11.5 Å². The summed E-state index contributed by atoms with van der Waals surface area (Å²) in [7, 11) is -0.655. The molecule has 0 atom stereocenters. The molecule has 19 heavy (non-hydrogen) atoms. The smallest absolute Gasteiger partial charge is 0.512 e. The number of rotatable bonds is 6. The normalized spacial score (nSPS) is 10.2. The minimum Gasteiger partial charge on any atom is -0.512 e. The fourth-order valence-corrected chi connectivity index (χ4v) is 1.35. The number of benzene rings is 1. The van der Waals surface area contributed by atoms with Gasteiger partial charge in [-0.25, -0.2) is 4.79 Å². The van der Waals surface area contributed by atoms with Crippen LogP contribution in [-0.4, -0.2) is 37.1 Å². The van der Waals surface area contributed by atoms with Gasteiger partial charge < -0.3 is 24.2 Å². The molecule has 0 heterocycles. The van der Waals surface area contributed by atoms with Crippen molar-refractivity contribution in [2.24, 2.45) is 5.92 Å². The van der Waals surface area contributed by atoms with Crippen LogP contribution in [0, 0.1) is 5.92 Å². The van der Waals surface area contributed by atoms with E-state index >= 15 is 0 Å². The molecule has 2 N–H and O–H groups in total. The third kappa shape index (κ3) is 4.80. The average Bonchev–Trinajstić information content (AvgIpc) is 2.35. The highest BCUT2D eigenvalue weighted by Gasteiger charge is 2.17. The second kappa shape index (κ2) is 7.01. The monoisotopic (exact) mass is 268 g/mol. The van der Waals surface area contributed by atoms with E-state index in [2.05, 4.69) is 4.74 Å². The molecule has 0 saturated heterocycles. The summed E-state index contributed by atoms with van der Waals surface area (Å²) >= 11 is 0. The lowest BCUT2D eigenvalue weighted by molar-refractivity contribution is 0.0595. The van der Waals surface area contributed by atoms with Crippen molar-refractivity contribution < 1.29 is 29.0 Å². The van der Waals surface area contributed by atoms with Crippen LogP contribution in [0.25, 0.3) is 0 Å². The zero-order valence-electron chi connectivity index (χ0n) is 11.1. The minimum atomic E-state index is -1.93. The van der Waals surface area contributed by atoms with Gasteiger partial charge in [0.2, 0.25) is 0 Å². The Labute approximate surface area is 112 Å². The van der Waals surface area contributed by atoms with Gasteiger partial charge in [0.25, 0.3) is 0 Å². The van der Waals surface area contributed by atoms with Gasteiger partial charge in [-0.15, -0.1) is 0 Å². The Morgan fingerprint density at radius 3 is 2.58 bits per heavy atom. The predicted molar refractivity (Wildman–Crippen MR) is 68.9 cm³/mol. The van der Waals surface area contributed by atoms with Gasteiger partial charge in [0.1, 0.15) is 17.1 Å². The quantitative estimate of drug-likeness (QED) is 0.587. The zero-order chi connectivity index (χ0) is 14.4. The number of esters is 1. The Hall–Kier alpha value is -1.73. The summed E-state index contributed by atoms with van der Waals surface area (Å²) in [6, 6.07) is 4.28. The van der Waals surface area contributed by atoms with Crippen molar-refractivity contribution in [2.45, 2.75) is 13.8 Å². The summed E-state index contributed by atoms with van der Waals surface area (Å²) in [4.78, 5) is 11.6. The highest BCUT2D eigenvalue weighted by molar-refractivity contribution is 6.33. The van der Waals surface area contributed by atoms with Gasteiger partial charge in [-0.1, -0.05) is 13.8 Å². The molecule has 7 heteroatoms. The van der Waals surface area contributed by atoms with Crippen LogP contribution in [0.3, 0.4) is 0 Å². The molecule has 0 spiro atoms. The first-order valence-corrected chi connectivity index (χ1v) is 5.82. The van der Waals surface area contributed by atoms with Gasteiger partial charge in [-0.05, 0) is 18.1 Å². The van der Waals surface area contributed by atoms with Gasteiger partial charge in [0, 0.05) is 6.07 Å². The second-order valence-electron chi connectivity index (χ2n) is 4.30. The number of methoxy groups -OCH3 is 1. The molecular weight excluding hydrogens is 251 g/mol. The molecule has 0 unspecified atom stereocenters. The van der Waals surface area contributed by atoms with E-state index < -0.39 is 13.3 Å². The van der Waals surface area contributed by atoms with Crippen LogP contribution in [0.1, 0.15) is 24.2 Å². The largest absolute Gasteiger partial charge is 0.707 e. The van der Waals surface area contributed by atoms with E-state index in [1.807, 2.05) is 13.8 Å². The van der Waals surface area contributed by atoms with E-state index in [0.717, 1.165) is 0 Å². The maximum atomic E-state index is 11.6. The highest BCUT2D eigenvalue weighted by atomic mass is 16.6. The van der Waals surface area contributed by atoms with Gasteiger partial charge >= 0.3 is 13.3 Å². The molecule has 104 valence electrons. The third-order valence-corrected chi connectivity index (χ3v) is 2.17. The summed E-state index contributed by atoms with van der Waals surface area (Å²) in [5.41, 5.74) is 0.253. The lowest BCUT2D eigenvalue weighted by Crippen LogP contribution is -2.20. The third-order valence-electron chi connectivity index (χ3n) is 2.17. The summed E-state index contributed by atoms with van der Waals surface area (Å²) < 4.78 is 14.9. The number of carbonyl (C=O) groups excluding carboxylic acids is 1. The van der Waals surface area contributed by atoms with Crippen LogP contribution < -0.4 is 9.39 Å². The molecule has 0 saturated carbocycles. The van der Waals surface area contributed by atoms with E-state index in [1.54, 1.807) is 0 Å². The van der Waals surface area contributed by atoms with Gasteiger partial charge in [0.05, 0.1) is 13.7 Å².